The van der Waals surface area contributed by atoms with Gasteiger partial charge in [-0.3, -0.25) is 4.79 Å². The number of hydrogen-bond acceptors (Lipinski definition) is 5. The molecule has 0 atom stereocenters. The van der Waals surface area contributed by atoms with Crippen LogP contribution in [0, 0.1) is 0 Å². The Hall–Kier alpha value is -1.90. The van der Waals surface area contributed by atoms with Crippen LogP contribution in [0.4, 0.5) is 0 Å². The van der Waals surface area contributed by atoms with Crippen LogP contribution >= 0.6 is 11.3 Å². The Labute approximate surface area is 157 Å². The molecule has 1 aliphatic carbocycles. The summed E-state index contributed by atoms with van der Waals surface area (Å²) in [4.78, 5) is 13.5. The van der Waals surface area contributed by atoms with Gasteiger partial charge in [-0.2, -0.15) is 0 Å². The van der Waals surface area contributed by atoms with Crippen molar-refractivity contribution < 1.29 is 17.9 Å². The zero-order valence-electron chi connectivity index (χ0n) is 15.0. The van der Waals surface area contributed by atoms with Gasteiger partial charge in [-0.1, -0.05) is 12.1 Å². The van der Waals surface area contributed by atoms with Gasteiger partial charge in [0.25, 0.3) is 10.0 Å². The highest BCUT2D eigenvalue weighted by Gasteiger charge is 2.51. The molecule has 1 saturated carbocycles. The van der Waals surface area contributed by atoms with Crippen molar-refractivity contribution >= 4 is 27.3 Å². The quantitative estimate of drug-likeness (QED) is 0.782. The monoisotopic (exact) mass is 394 g/mol. The zero-order chi connectivity index (χ0) is 18.9. The molecule has 0 unspecified atom stereocenters. The Morgan fingerprint density at radius 1 is 1.19 bits per heavy atom. The van der Waals surface area contributed by atoms with Crippen molar-refractivity contribution in [2.75, 3.05) is 21.2 Å². The summed E-state index contributed by atoms with van der Waals surface area (Å²) in [7, 11) is 1.18. The second-order valence-corrected chi connectivity index (χ2v) is 10.0. The van der Waals surface area contributed by atoms with Crippen molar-refractivity contribution in [2.45, 2.75) is 29.0 Å². The summed E-state index contributed by atoms with van der Waals surface area (Å²) in [6.07, 6.45) is 1.63. The molecular weight excluding hydrogens is 372 g/mol. The van der Waals surface area contributed by atoms with Crippen LogP contribution in [0.1, 0.15) is 23.3 Å². The smallest absolute Gasteiger partial charge is 0.252 e. The molecular formula is C18H22N2O4S2. The topological polar surface area (TPSA) is 75.7 Å². The standard InChI is InChI=1S/C18H22N2O4S2/c1-20(2)26(22,23)16-9-8-15(25-16)12-19-17(21)18(10-11-18)13-4-6-14(24-3)7-5-13/h4-9H,10-12H2,1-3H3,(H,19,21). The molecule has 1 aromatic heterocycles. The van der Waals surface area contributed by atoms with Crippen LogP contribution < -0.4 is 10.1 Å². The van der Waals surface area contributed by atoms with E-state index in [9.17, 15) is 13.2 Å². The SMILES string of the molecule is COc1ccc(C2(C(=O)NCc3ccc(S(=O)(=O)N(C)C)s3)CC2)cc1. The number of hydrogen-bond donors (Lipinski definition) is 1. The van der Waals surface area contributed by atoms with Crippen LogP contribution in [0.5, 0.6) is 5.75 Å². The number of thiophene rings is 1. The first-order valence-corrected chi connectivity index (χ1v) is 10.5. The lowest BCUT2D eigenvalue weighted by Crippen LogP contribution is -2.34. The highest BCUT2D eigenvalue weighted by molar-refractivity contribution is 7.91. The Morgan fingerprint density at radius 2 is 1.85 bits per heavy atom. The fourth-order valence-corrected chi connectivity index (χ4v) is 5.25. The minimum atomic E-state index is -3.43. The number of nitrogens with one attached hydrogen (secondary N) is 1. The third kappa shape index (κ3) is 3.49. The highest BCUT2D eigenvalue weighted by Crippen LogP contribution is 2.48. The molecule has 0 spiro atoms. The number of rotatable bonds is 7. The Morgan fingerprint density at radius 3 is 2.38 bits per heavy atom. The van der Waals surface area contributed by atoms with E-state index in [-0.39, 0.29) is 10.1 Å². The fourth-order valence-electron chi connectivity index (χ4n) is 2.79. The van der Waals surface area contributed by atoms with E-state index in [1.54, 1.807) is 19.2 Å². The van der Waals surface area contributed by atoms with Gasteiger partial charge in [0.15, 0.2) is 0 Å². The predicted octanol–water partition coefficient (Wildman–Crippen LogP) is 2.36. The number of nitrogens with zero attached hydrogens (tertiary/aromatic N) is 1. The third-order valence-corrected chi connectivity index (χ3v) is 7.99. The molecule has 1 aromatic carbocycles. The average molecular weight is 395 g/mol. The van der Waals surface area contributed by atoms with E-state index in [2.05, 4.69) is 5.32 Å². The zero-order valence-corrected chi connectivity index (χ0v) is 16.6. The molecule has 0 saturated heterocycles. The molecule has 1 fully saturated rings. The van der Waals surface area contributed by atoms with E-state index < -0.39 is 15.4 Å². The predicted molar refractivity (Wildman–Crippen MR) is 101 cm³/mol. The van der Waals surface area contributed by atoms with Gasteiger partial charge in [-0.05, 0) is 42.7 Å². The molecule has 1 heterocycles. The number of carbonyl (C=O) groups excluding carboxylic acids is 1. The molecule has 0 bridgehead atoms. The number of sulfonamides is 1. The summed E-state index contributed by atoms with van der Waals surface area (Å²) in [6.45, 7) is 0.324. The van der Waals surface area contributed by atoms with Crippen LogP contribution in [-0.2, 0) is 26.8 Å². The molecule has 140 valence electrons. The van der Waals surface area contributed by atoms with Gasteiger partial charge in [-0.25, -0.2) is 12.7 Å². The molecule has 26 heavy (non-hydrogen) atoms. The van der Waals surface area contributed by atoms with Gasteiger partial charge in [0.2, 0.25) is 5.91 Å². The van der Waals surface area contributed by atoms with Crippen molar-refractivity contribution in [3.63, 3.8) is 0 Å². The van der Waals surface area contributed by atoms with Crippen molar-refractivity contribution in [1.82, 2.24) is 9.62 Å². The number of carbonyl (C=O) groups is 1. The largest absolute Gasteiger partial charge is 0.497 e. The van der Waals surface area contributed by atoms with Crippen molar-refractivity contribution in [1.29, 1.82) is 0 Å². The van der Waals surface area contributed by atoms with Gasteiger partial charge < -0.3 is 10.1 Å². The second kappa shape index (κ2) is 7.02. The van der Waals surface area contributed by atoms with E-state index in [0.717, 1.165) is 29.0 Å². The molecule has 2 aromatic rings. The number of methoxy groups -OCH3 is 1. The van der Waals surface area contributed by atoms with Crippen LogP contribution in [0.25, 0.3) is 0 Å². The second-order valence-electron chi connectivity index (χ2n) is 6.50. The lowest BCUT2D eigenvalue weighted by atomic mass is 9.95. The fraction of sp³-hybridized carbons (Fsp3) is 0.389. The summed E-state index contributed by atoms with van der Waals surface area (Å²) in [5, 5.41) is 2.95. The van der Waals surface area contributed by atoms with Crippen molar-refractivity contribution in [2.24, 2.45) is 0 Å². The molecule has 3 rings (SSSR count). The molecule has 1 N–H and O–H groups in total. The van der Waals surface area contributed by atoms with Gasteiger partial charge >= 0.3 is 0 Å². The minimum absolute atomic E-state index is 0.0203. The lowest BCUT2D eigenvalue weighted by Gasteiger charge is -2.16. The molecule has 0 aliphatic heterocycles. The number of amides is 1. The summed E-state index contributed by atoms with van der Waals surface area (Å²) in [5.74, 6) is 0.742. The van der Waals surface area contributed by atoms with Crippen molar-refractivity contribution in [3.8, 4) is 5.75 Å². The molecule has 1 aliphatic rings. The summed E-state index contributed by atoms with van der Waals surface area (Å²) in [6, 6.07) is 10.9. The number of benzene rings is 1. The van der Waals surface area contributed by atoms with Gasteiger partial charge in [0.05, 0.1) is 19.1 Å². The molecule has 8 heteroatoms. The van der Waals surface area contributed by atoms with Crippen molar-refractivity contribution in [3.05, 3.63) is 46.8 Å². The summed E-state index contributed by atoms with van der Waals surface area (Å²) >= 11 is 1.18. The van der Waals surface area contributed by atoms with Gasteiger partial charge in [0, 0.05) is 19.0 Å². The Bertz CT molecular complexity index is 898. The summed E-state index contributed by atoms with van der Waals surface area (Å²) < 4.78 is 30.9. The average Bonchev–Trinajstić information content (AvgIpc) is 3.30. The van der Waals surface area contributed by atoms with E-state index in [1.807, 2.05) is 24.3 Å². The van der Waals surface area contributed by atoms with E-state index in [1.165, 1.54) is 29.7 Å². The van der Waals surface area contributed by atoms with E-state index in [0.29, 0.717) is 6.54 Å². The van der Waals surface area contributed by atoms with Gasteiger partial charge in [-0.15, -0.1) is 11.3 Å². The van der Waals surface area contributed by atoms with Gasteiger partial charge in [0.1, 0.15) is 9.96 Å². The maximum absolute atomic E-state index is 12.7. The first-order valence-electron chi connectivity index (χ1n) is 8.24. The third-order valence-electron chi connectivity index (χ3n) is 4.62. The lowest BCUT2D eigenvalue weighted by molar-refractivity contribution is -0.123. The number of ether oxygens (including phenoxy) is 1. The molecule has 0 radical (unpaired) electrons. The maximum Gasteiger partial charge on any atom is 0.252 e. The Balaban J connectivity index is 1.67. The first-order chi connectivity index (χ1) is 12.3. The Kier molecular flexibility index (Phi) is 5.09. The van der Waals surface area contributed by atoms with E-state index >= 15 is 0 Å². The van der Waals surface area contributed by atoms with Crippen LogP contribution in [-0.4, -0.2) is 39.8 Å². The summed E-state index contributed by atoms with van der Waals surface area (Å²) in [5.41, 5.74) is 0.514. The normalized spacial score (nSPS) is 15.7. The first kappa shape index (κ1) is 18.9. The molecule has 6 nitrogen and oxygen atoms in total. The van der Waals surface area contributed by atoms with Crippen LogP contribution in [0.15, 0.2) is 40.6 Å². The minimum Gasteiger partial charge on any atom is -0.497 e. The van der Waals surface area contributed by atoms with E-state index in [4.69, 9.17) is 4.74 Å². The van der Waals surface area contributed by atoms with Crippen LogP contribution in [0.2, 0.25) is 0 Å². The maximum atomic E-state index is 12.7. The molecule has 1 amide bonds. The van der Waals surface area contributed by atoms with Crippen LogP contribution in [0.3, 0.4) is 0 Å². The highest BCUT2D eigenvalue weighted by atomic mass is 32.2.